The third-order valence-electron chi connectivity index (χ3n) is 4.86. The minimum atomic E-state index is -0.632. The predicted octanol–water partition coefficient (Wildman–Crippen LogP) is 1.40. The molecule has 0 spiro atoms. The van der Waals surface area contributed by atoms with Crippen molar-refractivity contribution in [1.82, 2.24) is 15.0 Å². The molecule has 136 valence electrons. The van der Waals surface area contributed by atoms with Crippen LogP contribution in [0.4, 0.5) is 0 Å². The van der Waals surface area contributed by atoms with Gasteiger partial charge in [0.05, 0.1) is 30.0 Å². The molecule has 27 heavy (non-hydrogen) atoms. The van der Waals surface area contributed by atoms with Gasteiger partial charge in [0.2, 0.25) is 0 Å². The number of hydrogen-bond acceptors (Lipinski definition) is 7. The van der Waals surface area contributed by atoms with E-state index in [4.69, 9.17) is 14.2 Å². The number of H-pyrrole nitrogens is 1. The highest BCUT2D eigenvalue weighted by molar-refractivity contribution is 5.80. The van der Waals surface area contributed by atoms with E-state index in [0.29, 0.717) is 29.0 Å². The number of nitriles is 1. The summed E-state index contributed by atoms with van der Waals surface area (Å²) in [5, 5.41) is 19.3. The fourth-order valence-electron chi connectivity index (χ4n) is 3.57. The van der Waals surface area contributed by atoms with Gasteiger partial charge < -0.3 is 24.3 Å². The monoisotopic (exact) mass is 364 g/mol. The second-order valence-electron chi connectivity index (χ2n) is 6.60. The van der Waals surface area contributed by atoms with Gasteiger partial charge in [-0.25, -0.2) is 4.98 Å². The van der Waals surface area contributed by atoms with E-state index in [-0.39, 0.29) is 30.9 Å². The number of aromatic amines is 1. The van der Waals surface area contributed by atoms with E-state index in [2.05, 4.69) is 21.0 Å². The molecule has 2 fully saturated rings. The number of benzene rings is 1. The first-order valence-corrected chi connectivity index (χ1v) is 8.67. The molecule has 1 aromatic carbocycles. The molecule has 4 atom stereocenters. The molecule has 3 aromatic rings. The number of ether oxygens (including phenoxy) is 3. The number of nitrogens with one attached hydrogen (secondary N) is 1. The lowest BCUT2D eigenvalue weighted by molar-refractivity contribution is 0.00706. The maximum absolute atomic E-state index is 9.82. The van der Waals surface area contributed by atoms with Crippen molar-refractivity contribution in [3.05, 3.63) is 42.0 Å². The maximum Gasteiger partial charge on any atom is 0.296 e. The van der Waals surface area contributed by atoms with Crippen LogP contribution in [0.2, 0.25) is 0 Å². The minimum absolute atomic E-state index is 0.239. The van der Waals surface area contributed by atoms with Crippen LogP contribution in [-0.2, 0) is 9.47 Å². The number of aliphatic hydroxyl groups excluding tert-OH is 1. The first-order chi connectivity index (χ1) is 13.2. The van der Waals surface area contributed by atoms with Gasteiger partial charge in [0.15, 0.2) is 11.8 Å². The molecule has 2 aliphatic heterocycles. The topological polar surface area (TPSA) is 113 Å². The van der Waals surface area contributed by atoms with Crippen LogP contribution in [0.5, 0.6) is 6.01 Å². The number of rotatable bonds is 3. The van der Waals surface area contributed by atoms with Crippen molar-refractivity contribution in [2.45, 2.75) is 24.4 Å². The first-order valence-electron chi connectivity index (χ1n) is 8.67. The zero-order valence-corrected chi connectivity index (χ0v) is 14.2. The summed E-state index contributed by atoms with van der Waals surface area (Å²) in [5.41, 5.74) is 2.96. The fraction of sp³-hybridized carbons (Fsp3) is 0.316. The third kappa shape index (κ3) is 2.73. The fourth-order valence-corrected chi connectivity index (χ4v) is 3.57. The summed E-state index contributed by atoms with van der Waals surface area (Å²) in [5.74, 6) is 0. The molecule has 0 saturated carbocycles. The Balaban J connectivity index is 1.47. The normalized spacial score (nSPS) is 26.8. The Kier molecular flexibility index (Phi) is 3.79. The van der Waals surface area contributed by atoms with E-state index >= 15 is 0 Å². The summed E-state index contributed by atoms with van der Waals surface area (Å²) in [7, 11) is 0. The number of pyridine rings is 1. The van der Waals surface area contributed by atoms with E-state index in [1.807, 2.05) is 30.3 Å². The largest absolute Gasteiger partial charge is 0.456 e. The SMILES string of the molecule is N#Cc1cc2[nH]c(O[C@@H]3CO[C@@H]4C(O)COC43)nc2nc1-c1ccccc1. The summed E-state index contributed by atoms with van der Waals surface area (Å²) in [4.78, 5) is 12.0. The molecule has 8 heteroatoms. The van der Waals surface area contributed by atoms with Crippen molar-refractivity contribution >= 4 is 11.2 Å². The molecule has 4 heterocycles. The number of fused-ring (bicyclic) bond motifs is 2. The number of nitrogens with zero attached hydrogens (tertiary/aromatic N) is 3. The summed E-state index contributed by atoms with van der Waals surface area (Å²) in [6, 6.07) is 13.7. The van der Waals surface area contributed by atoms with Crippen LogP contribution in [0.25, 0.3) is 22.4 Å². The van der Waals surface area contributed by atoms with Gasteiger partial charge in [0.25, 0.3) is 6.01 Å². The number of aliphatic hydroxyl groups is 1. The van der Waals surface area contributed by atoms with E-state index in [0.717, 1.165) is 5.56 Å². The van der Waals surface area contributed by atoms with Gasteiger partial charge >= 0.3 is 0 Å². The lowest BCUT2D eigenvalue weighted by Crippen LogP contribution is -2.34. The van der Waals surface area contributed by atoms with Crippen LogP contribution in [-0.4, -0.2) is 57.7 Å². The number of hydrogen-bond donors (Lipinski definition) is 2. The second-order valence-corrected chi connectivity index (χ2v) is 6.60. The zero-order valence-electron chi connectivity index (χ0n) is 14.2. The van der Waals surface area contributed by atoms with Gasteiger partial charge in [0.1, 0.15) is 24.4 Å². The molecular weight excluding hydrogens is 348 g/mol. The standard InChI is InChI=1S/C19H16N4O4/c20-7-11-6-12-18(22-15(11)10-4-2-1-3-5-10)23-19(21-12)27-14-9-26-16-13(24)8-25-17(14)16/h1-6,13-14,16-17,24H,8-9H2,(H,21,22,23)/t13?,14-,16-,17?/m1/s1. The van der Waals surface area contributed by atoms with Crippen LogP contribution in [0.1, 0.15) is 5.56 Å². The molecule has 0 amide bonds. The van der Waals surface area contributed by atoms with E-state index in [1.165, 1.54) is 0 Å². The summed E-state index contributed by atoms with van der Waals surface area (Å²) >= 11 is 0. The molecule has 2 N–H and O–H groups in total. The lowest BCUT2D eigenvalue weighted by Gasteiger charge is -2.15. The van der Waals surface area contributed by atoms with Crippen LogP contribution in [0, 0.1) is 11.3 Å². The van der Waals surface area contributed by atoms with E-state index < -0.39 is 6.10 Å². The molecule has 2 unspecified atom stereocenters. The van der Waals surface area contributed by atoms with E-state index in [9.17, 15) is 10.4 Å². The maximum atomic E-state index is 9.82. The Labute approximate surface area is 154 Å². The molecule has 2 aliphatic rings. The van der Waals surface area contributed by atoms with Crippen molar-refractivity contribution in [2.24, 2.45) is 0 Å². The molecule has 0 aliphatic carbocycles. The Morgan fingerprint density at radius 2 is 1.96 bits per heavy atom. The van der Waals surface area contributed by atoms with Crippen molar-refractivity contribution in [1.29, 1.82) is 5.26 Å². The Bertz CT molecular complexity index is 1030. The minimum Gasteiger partial charge on any atom is -0.456 e. The van der Waals surface area contributed by atoms with E-state index in [1.54, 1.807) is 6.07 Å². The van der Waals surface area contributed by atoms with Gasteiger partial charge in [-0.3, -0.25) is 0 Å². The Hall–Kier alpha value is -2.99. The third-order valence-corrected chi connectivity index (χ3v) is 4.86. The molecule has 0 bridgehead atoms. The van der Waals surface area contributed by atoms with Crippen LogP contribution < -0.4 is 4.74 Å². The quantitative estimate of drug-likeness (QED) is 0.722. The molecule has 5 rings (SSSR count). The van der Waals surface area contributed by atoms with Gasteiger partial charge in [-0.2, -0.15) is 10.2 Å². The predicted molar refractivity (Wildman–Crippen MR) is 93.9 cm³/mol. The number of aromatic nitrogens is 3. The highest BCUT2D eigenvalue weighted by Crippen LogP contribution is 2.30. The van der Waals surface area contributed by atoms with Crippen molar-refractivity contribution in [3.8, 4) is 23.3 Å². The summed E-state index contributed by atoms with van der Waals surface area (Å²) in [6.45, 7) is 0.554. The van der Waals surface area contributed by atoms with Gasteiger partial charge in [-0.15, -0.1) is 0 Å². The summed E-state index contributed by atoms with van der Waals surface area (Å²) in [6.07, 6.45) is -1.69. The smallest absolute Gasteiger partial charge is 0.296 e. The molecule has 0 radical (unpaired) electrons. The molecule has 8 nitrogen and oxygen atoms in total. The average Bonchev–Trinajstić information content (AvgIpc) is 3.38. The Morgan fingerprint density at radius 1 is 1.15 bits per heavy atom. The number of imidazole rings is 1. The van der Waals surface area contributed by atoms with Crippen molar-refractivity contribution < 1.29 is 19.3 Å². The lowest BCUT2D eigenvalue weighted by atomic mass is 10.1. The Morgan fingerprint density at radius 3 is 2.78 bits per heavy atom. The first kappa shape index (κ1) is 16.2. The van der Waals surface area contributed by atoms with Crippen LogP contribution in [0.15, 0.2) is 36.4 Å². The molecule has 2 saturated heterocycles. The van der Waals surface area contributed by atoms with Gasteiger partial charge in [-0.1, -0.05) is 30.3 Å². The highest BCUT2D eigenvalue weighted by Gasteiger charge is 2.48. The van der Waals surface area contributed by atoms with Crippen LogP contribution >= 0.6 is 0 Å². The summed E-state index contributed by atoms with van der Waals surface area (Å²) < 4.78 is 17.0. The van der Waals surface area contributed by atoms with Crippen LogP contribution in [0.3, 0.4) is 0 Å². The average molecular weight is 364 g/mol. The van der Waals surface area contributed by atoms with Crippen molar-refractivity contribution in [2.75, 3.05) is 13.2 Å². The van der Waals surface area contributed by atoms with Gasteiger partial charge in [0, 0.05) is 5.56 Å². The zero-order chi connectivity index (χ0) is 18.4. The molecular formula is C19H16N4O4. The highest BCUT2D eigenvalue weighted by atomic mass is 16.6. The second kappa shape index (κ2) is 6.32. The van der Waals surface area contributed by atoms with Crippen molar-refractivity contribution in [3.63, 3.8) is 0 Å². The molecule has 2 aromatic heterocycles. The van der Waals surface area contributed by atoms with Gasteiger partial charge in [-0.05, 0) is 6.07 Å².